The number of carbonyl (C=O) groups is 1. The molecule has 1 saturated heterocycles. The lowest BCUT2D eigenvalue weighted by Crippen LogP contribution is -2.61. The highest BCUT2D eigenvalue weighted by Gasteiger charge is 2.50. The van der Waals surface area contributed by atoms with E-state index in [0.29, 0.717) is 0 Å². The third-order valence-corrected chi connectivity index (χ3v) is 6.46. The summed E-state index contributed by atoms with van der Waals surface area (Å²) in [5.41, 5.74) is 0.456. The Labute approximate surface area is 194 Å². The van der Waals surface area contributed by atoms with Gasteiger partial charge in [0.05, 0.1) is 22.0 Å². The highest BCUT2D eigenvalue weighted by molar-refractivity contribution is 7.86. The Balaban J connectivity index is 1.91. The number of esters is 1. The molecule has 2 aromatic carbocycles. The Bertz CT molecular complexity index is 1120. The second-order valence-electron chi connectivity index (χ2n) is 7.45. The first-order chi connectivity index (χ1) is 16.1. The van der Waals surface area contributed by atoms with Crippen LogP contribution in [0.3, 0.4) is 0 Å². The third-order valence-electron chi connectivity index (χ3n) is 5.14. The van der Waals surface area contributed by atoms with Crippen LogP contribution in [0, 0.1) is 17.0 Å². The minimum absolute atomic E-state index is 0.0982. The van der Waals surface area contributed by atoms with Gasteiger partial charge in [0.2, 0.25) is 0 Å². The van der Waals surface area contributed by atoms with Crippen molar-refractivity contribution in [3.8, 4) is 0 Å². The van der Waals surface area contributed by atoms with Gasteiger partial charge in [0.25, 0.3) is 15.8 Å². The highest BCUT2D eigenvalue weighted by atomic mass is 32.2. The number of aryl methyl sites for hydroxylation is 1. The largest absolute Gasteiger partial charge is 0.453 e. The van der Waals surface area contributed by atoms with E-state index in [4.69, 9.17) is 18.4 Å². The molecule has 1 fully saturated rings. The predicted octanol–water partition coefficient (Wildman–Crippen LogP) is 0.927. The number of non-ortho nitro benzene ring substituents is 1. The van der Waals surface area contributed by atoms with Crippen LogP contribution in [0.2, 0.25) is 0 Å². The standard InChI is InChI=1S/C21H23NO11S/c1-12-3-9-15(10-4-12)34(28,29)33-19-18(17(24)16(11-23)31-21(19)30-2)32-20(25)13-5-7-14(8-6-13)22(26)27/h3-10,16-19,21,23-24H,11H2,1-2H3/t16-,17+,18-,19-,21-/m0/s1. The molecule has 3 rings (SSSR count). The molecule has 0 aliphatic carbocycles. The zero-order valence-corrected chi connectivity index (χ0v) is 19.0. The summed E-state index contributed by atoms with van der Waals surface area (Å²) in [7, 11) is -3.23. The number of nitro groups is 1. The average Bonchev–Trinajstić information content (AvgIpc) is 2.81. The van der Waals surface area contributed by atoms with Crippen LogP contribution in [-0.4, -0.2) is 73.9 Å². The van der Waals surface area contributed by atoms with Crippen LogP contribution in [0.4, 0.5) is 5.69 Å². The molecule has 12 nitrogen and oxygen atoms in total. The molecule has 2 aromatic rings. The summed E-state index contributed by atoms with van der Waals surface area (Å²) >= 11 is 0. The van der Waals surface area contributed by atoms with Gasteiger partial charge in [0.15, 0.2) is 18.5 Å². The fourth-order valence-corrected chi connectivity index (χ4v) is 4.36. The number of methoxy groups -OCH3 is 1. The molecule has 2 N–H and O–H groups in total. The van der Waals surface area contributed by atoms with E-state index < -0.39 is 58.3 Å². The lowest BCUT2D eigenvalue weighted by atomic mass is 9.99. The highest BCUT2D eigenvalue weighted by Crippen LogP contribution is 2.30. The number of carbonyl (C=O) groups excluding carboxylic acids is 1. The maximum absolute atomic E-state index is 12.9. The zero-order valence-electron chi connectivity index (χ0n) is 18.1. The van der Waals surface area contributed by atoms with E-state index in [0.717, 1.165) is 29.8 Å². The van der Waals surface area contributed by atoms with Crippen LogP contribution in [0.25, 0.3) is 0 Å². The van der Waals surface area contributed by atoms with Gasteiger partial charge < -0.3 is 24.4 Å². The minimum atomic E-state index is -4.42. The van der Waals surface area contributed by atoms with Crippen LogP contribution < -0.4 is 0 Å². The molecule has 1 aliphatic heterocycles. The fraction of sp³-hybridized carbons (Fsp3) is 0.381. The summed E-state index contributed by atoms with van der Waals surface area (Å²) in [5.74, 6) is -1.02. The molecule has 13 heteroatoms. The zero-order chi connectivity index (χ0) is 25.0. The van der Waals surface area contributed by atoms with Gasteiger partial charge in [-0.25, -0.2) is 4.79 Å². The van der Waals surface area contributed by atoms with Crippen LogP contribution in [0.1, 0.15) is 15.9 Å². The van der Waals surface area contributed by atoms with Crippen LogP contribution in [-0.2, 0) is 28.5 Å². The van der Waals surface area contributed by atoms with Crippen molar-refractivity contribution in [3.05, 3.63) is 69.8 Å². The number of rotatable bonds is 8. The van der Waals surface area contributed by atoms with Crippen LogP contribution in [0.15, 0.2) is 53.4 Å². The van der Waals surface area contributed by atoms with E-state index in [9.17, 15) is 33.5 Å². The van der Waals surface area contributed by atoms with Crippen molar-refractivity contribution in [2.75, 3.05) is 13.7 Å². The molecule has 0 unspecified atom stereocenters. The van der Waals surface area contributed by atoms with Crippen molar-refractivity contribution in [1.82, 2.24) is 0 Å². The topological polar surface area (TPSA) is 172 Å². The average molecular weight is 497 g/mol. The number of benzene rings is 2. The van der Waals surface area contributed by atoms with Gasteiger partial charge in [-0.1, -0.05) is 17.7 Å². The lowest BCUT2D eigenvalue weighted by Gasteiger charge is -2.42. The fourth-order valence-electron chi connectivity index (χ4n) is 3.29. The summed E-state index contributed by atoms with van der Waals surface area (Å²) in [5, 5.41) is 31.0. The third kappa shape index (κ3) is 5.58. The SMILES string of the molecule is CO[C@H]1O[C@@H](CO)[C@@H](O)[C@H](OC(=O)c2ccc([N+](=O)[O-])cc2)[C@@H]1OS(=O)(=O)c1ccc(C)cc1. The van der Waals surface area contributed by atoms with Gasteiger partial charge in [-0.2, -0.15) is 8.42 Å². The first-order valence-electron chi connectivity index (χ1n) is 10.00. The maximum Gasteiger partial charge on any atom is 0.338 e. The molecule has 0 aromatic heterocycles. The number of hydrogen-bond acceptors (Lipinski definition) is 11. The number of aliphatic hydroxyl groups excluding tert-OH is 2. The number of aliphatic hydroxyl groups is 2. The molecule has 184 valence electrons. The molecule has 0 saturated carbocycles. The Kier molecular flexibility index (Phi) is 7.97. The normalized spacial score (nSPS) is 25.0. The molecule has 1 heterocycles. The molecule has 34 heavy (non-hydrogen) atoms. The van der Waals surface area contributed by atoms with Gasteiger partial charge in [0.1, 0.15) is 12.2 Å². The van der Waals surface area contributed by atoms with Gasteiger partial charge in [-0.05, 0) is 31.2 Å². The quantitative estimate of drug-likeness (QED) is 0.230. The number of hydrogen-bond donors (Lipinski definition) is 2. The first-order valence-corrected chi connectivity index (χ1v) is 11.4. The van der Waals surface area contributed by atoms with Crippen molar-refractivity contribution >= 4 is 21.8 Å². The van der Waals surface area contributed by atoms with Crippen molar-refractivity contribution in [2.24, 2.45) is 0 Å². The van der Waals surface area contributed by atoms with E-state index in [2.05, 4.69) is 0 Å². The van der Waals surface area contributed by atoms with Gasteiger partial charge >= 0.3 is 5.97 Å². The second-order valence-corrected chi connectivity index (χ2v) is 9.03. The summed E-state index contributed by atoms with van der Waals surface area (Å²) in [6, 6.07) is 10.2. The Morgan fingerprint density at radius 2 is 1.74 bits per heavy atom. The van der Waals surface area contributed by atoms with Crippen LogP contribution in [0.5, 0.6) is 0 Å². The first kappa shape index (κ1) is 25.7. The molecular weight excluding hydrogens is 474 g/mol. The van der Waals surface area contributed by atoms with E-state index in [-0.39, 0.29) is 16.1 Å². The van der Waals surface area contributed by atoms with Gasteiger partial charge in [0, 0.05) is 19.2 Å². The summed E-state index contributed by atoms with van der Waals surface area (Å²) in [6.07, 6.45) is -7.68. The smallest absolute Gasteiger partial charge is 0.338 e. The summed E-state index contributed by atoms with van der Waals surface area (Å²) < 4.78 is 46.9. The Morgan fingerprint density at radius 1 is 1.12 bits per heavy atom. The molecule has 0 radical (unpaired) electrons. The van der Waals surface area contributed by atoms with E-state index in [1.54, 1.807) is 19.1 Å². The Morgan fingerprint density at radius 3 is 2.26 bits per heavy atom. The monoisotopic (exact) mass is 497 g/mol. The maximum atomic E-state index is 12.9. The minimum Gasteiger partial charge on any atom is -0.453 e. The van der Waals surface area contributed by atoms with E-state index >= 15 is 0 Å². The van der Waals surface area contributed by atoms with Crippen LogP contribution >= 0.6 is 0 Å². The molecule has 1 aliphatic rings. The number of nitrogens with zero attached hydrogens (tertiary/aromatic N) is 1. The second kappa shape index (κ2) is 10.5. The Hall–Kier alpha value is -2.94. The van der Waals surface area contributed by atoms with Gasteiger partial charge in [-0.15, -0.1) is 0 Å². The molecule has 5 atom stereocenters. The lowest BCUT2D eigenvalue weighted by molar-refractivity contribution is -0.384. The van der Waals surface area contributed by atoms with Crippen molar-refractivity contribution in [2.45, 2.75) is 42.5 Å². The van der Waals surface area contributed by atoms with Crippen molar-refractivity contribution in [3.63, 3.8) is 0 Å². The van der Waals surface area contributed by atoms with Crippen molar-refractivity contribution < 1.29 is 46.7 Å². The van der Waals surface area contributed by atoms with E-state index in [1.165, 1.54) is 19.2 Å². The van der Waals surface area contributed by atoms with E-state index in [1.807, 2.05) is 0 Å². The summed E-state index contributed by atoms with van der Waals surface area (Å²) in [6.45, 7) is 1.08. The summed E-state index contributed by atoms with van der Waals surface area (Å²) in [4.78, 5) is 22.7. The van der Waals surface area contributed by atoms with Gasteiger partial charge in [-0.3, -0.25) is 14.3 Å². The molecule has 0 spiro atoms. The number of nitro benzene ring substituents is 1. The molecule has 0 amide bonds. The predicted molar refractivity (Wildman–Crippen MR) is 114 cm³/mol. The number of ether oxygens (including phenoxy) is 3. The molecule has 0 bridgehead atoms. The van der Waals surface area contributed by atoms with Crippen molar-refractivity contribution in [1.29, 1.82) is 0 Å². The molecular formula is C21H23NO11S.